The van der Waals surface area contributed by atoms with Gasteiger partial charge < -0.3 is 25.4 Å². The Bertz CT molecular complexity index is 1140. The number of nitrogens with zero attached hydrogens (tertiary/aromatic N) is 1. The van der Waals surface area contributed by atoms with E-state index < -0.39 is 36.1 Å². The van der Waals surface area contributed by atoms with Crippen LogP contribution in [0.2, 0.25) is 0 Å². The average molecular weight is 586 g/mol. The van der Waals surface area contributed by atoms with Crippen molar-refractivity contribution in [1.29, 1.82) is 0 Å². The second-order valence-corrected chi connectivity index (χ2v) is 11.8. The molecule has 4 bridgehead atoms. The van der Waals surface area contributed by atoms with Gasteiger partial charge in [-0.15, -0.1) is 0 Å². The fraction of sp³-hybridized carbons (Fsp3) is 0.613. The summed E-state index contributed by atoms with van der Waals surface area (Å²) in [5.74, 6) is -1.46. The lowest BCUT2D eigenvalue weighted by molar-refractivity contribution is -0.143. The lowest BCUT2D eigenvalue weighted by Crippen LogP contribution is -2.62. The van der Waals surface area contributed by atoms with E-state index in [0.29, 0.717) is 25.1 Å². The van der Waals surface area contributed by atoms with Gasteiger partial charge in [0, 0.05) is 13.7 Å². The number of carbonyl (C=O) groups excluding carboxylic acids is 4. The maximum Gasteiger partial charge on any atom is 0.258 e. The molecule has 0 aromatic heterocycles. The molecule has 0 unspecified atom stereocenters. The zero-order chi connectivity index (χ0) is 31.0. The molecule has 2 heterocycles. The summed E-state index contributed by atoms with van der Waals surface area (Å²) >= 11 is 0. The summed E-state index contributed by atoms with van der Waals surface area (Å²) in [6.45, 7) is 11.7. The van der Waals surface area contributed by atoms with Gasteiger partial charge in [0.25, 0.3) is 5.91 Å². The number of hydrazine groups is 1. The molecule has 11 heteroatoms. The minimum atomic E-state index is -0.874. The molecule has 1 fully saturated rings. The Hall–Kier alpha value is -3.44. The predicted octanol–water partition coefficient (Wildman–Crippen LogP) is 2.24. The normalized spacial score (nSPS) is 29.5. The van der Waals surface area contributed by atoms with Crippen LogP contribution >= 0.6 is 0 Å². The first kappa shape index (κ1) is 33.1. The van der Waals surface area contributed by atoms with Crippen LogP contribution < -0.4 is 26.1 Å². The molecular weight excluding hydrogens is 538 g/mol. The fourth-order valence-electron chi connectivity index (χ4n) is 5.17. The summed E-state index contributed by atoms with van der Waals surface area (Å²) < 4.78 is 11.5. The molecule has 11 nitrogen and oxygen atoms in total. The summed E-state index contributed by atoms with van der Waals surface area (Å²) in [7, 11) is 1.52. The van der Waals surface area contributed by atoms with Crippen LogP contribution in [-0.2, 0) is 23.9 Å². The fourth-order valence-corrected chi connectivity index (χ4v) is 5.17. The van der Waals surface area contributed by atoms with Gasteiger partial charge in [0.15, 0.2) is 0 Å². The van der Waals surface area contributed by atoms with Gasteiger partial charge in [0.2, 0.25) is 17.7 Å². The van der Waals surface area contributed by atoms with Crippen molar-refractivity contribution in [2.45, 2.75) is 84.7 Å². The van der Waals surface area contributed by atoms with Crippen molar-refractivity contribution in [2.75, 3.05) is 20.3 Å². The molecule has 6 atom stereocenters. The maximum atomic E-state index is 13.4. The molecule has 3 rings (SSSR count). The molecule has 1 aromatic carbocycles. The van der Waals surface area contributed by atoms with Crippen LogP contribution in [0.1, 0.15) is 66.0 Å². The number of rotatable bonds is 3. The van der Waals surface area contributed by atoms with Crippen molar-refractivity contribution >= 4 is 23.6 Å². The number of hydrogen-bond acceptors (Lipinski definition) is 7. The molecule has 0 saturated carbocycles. The van der Waals surface area contributed by atoms with E-state index in [-0.39, 0.29) is 42.2 Å². The predicted molar refractivity (Wildman–Crippen MR) is 159 cm³/mol. The third-order valence-electron chi connectivity index (χ3n) is 7.78. The third-order valence-corrected chi connectivity index (χ3v) is 7.78. The van der Waals surface area contributed by atoms with E-state index in [0.717, 1.165) is 5.56 Å². The lowest BCUT2D eigenvalue weighted by atomic mass is 9.95. The van der Waals surface area contributed by atoms with Gasteiger partial charge in [-0.3, -0.25) is 24.2 Å². The molecule has 4 amide bonds. The van der Waals surface area contributed by atoms with Crippen molar-refractivity contribution in [3.05, 3.63) is 42.0 Å². The Morgan fingerprint density at radius 3 is 2.29 bits per heavy atom. The summed E-state index contributed by atoms with van der Waals surface area (Å²) in [6, 6.07) is 4.99. The zero-order valence-corrected chi connectivity index (χ0v) is 25.8. The molecule has 4 N–H and O–H groups in total. The van der Waals surface area contributed by atoms with Gasteiger partial charge in [-0.05, 0) is 55.4 Å². The number of fused-ring (bicyclic) bond motifs is 4. The van der Waals surface area contributed by atoms with Crippen molar-refractivity contribution in [1.82, 2.24) is 26.4 Å². The van der Waals surface area contributed by atoms with Crippen LogP contribution in [0, 0.1) is 17.8 Å². The first-order valence-electron chi connectivity index (χ1n) is 14.8. The van der Waals surface area contributed by atoms with E-state index in [2.05, 4.69) is 21.4 Å². The Balaban J connectivity index is 1.92. The number of benzene rings is 1. The van der Waals surface area contributed by atoms with E-state index in [1.165, 1.54) is 12.1 Å². The highest BCUT2D eigenvalue weighted by Crippen LogP contribution is 2.26. The van der Waals surface area contributed by atoms with Crippen LogP contribution in [0.15, 0.2) is 36.4 Å². The number of methoxy groups -OCH3 is 1. The van der Waals surface area contributed by atoms with Gasteiger partial charge in [0.1, 0.15) is 30.5 Å². The highest BCUT2D eigenvalue weighted by Gasteiger charge is 2.34. The summed E-state index contributed by atoms with van der Waals surface area (Å²) in [6.07, 6.45) is 4.21. The largest absolute Gasteiger partial charge is 0.490 e. The van der Waals surface area contributed by atoms with Crippen LogP contribution in [0.25, 0.3) is 0 Å². The Labute approximate surface area is 249 Å². The molecule has 42 heavy (non-hydrogen) atoms. The summed E-state index contributed by atoms with van der Waals surface area (Å²) in [4.78, 5) is 53.1. The topological polar surface area (TPSA) is 138 Å². The van der Waals surface area contributed by atoms with Gasteiger partial charge in [-0.2, -0.15) is 0 Å². The minimum absolute atomic E-state index is 0.0928. The van der Waals surface area contributed by atoms with Crippen molar-refractivity contribution in [3.63, 3.8) is 0 Å². The molecular formula is C31H47N5O6. The van der Waals surface area contributed by atoms with Crippen molar-refractivity contribution < 1.29 is 28.7 Å². The Morgan fingerprint density at radius 2 is 1.62 bits per heavy atom. The Morgan fingerprint density at radius 1 is 0.929 bits per heavy atom. The summed E-state index contributed by atoms with van der Waals surface area (Å²) in [5.41, 5.74) is 3.97. The van der Waals surface area contributed by atoms with Crippen LogP contribution in [-0.4, -0.2) is 73.1 Å². The molecule has 1 aromatic rings. The van der Waals surface area contributed by atoms with E-state index in [1.807, 2.05) is 52.0 Å². The van der Waals surface area contributed by atoms with Gasteiger partial charge >= 0.3 is 0 Å². The molecule has 1 saturated heterocycles. The number of carbonyl (C=O) groups is 4. The number of nitrogens with one attached hydrogen (secondary N) is 4. The van der Waals surface area contributed by atoms with Crippen molar-refractivity contribution in [3.8, 4) is 5.75 Å². The molecule has 0 aliphatic carbocycles. The second-order valence-electron chi connectivity index (χ2n) is 11.8. The molecule has 2 aliphatic heterocycles. The first-order valence-corrected chi connectivity index (χ1v) is 14.8. The van der Waals surface area contributed by atoms with Crippen LogP contribution in [0.5, 0.6) is 5.75 Å². The second kappa shape index (κ2) is 15.2. The zero-order valence-electron chi connectivity index (χ0n) is 25.8. The van der Waals surface area contributed by atoms with Crippen LogP contribution in [0.4, 0.5) is 0 Å². The van der Waals surface area contributed by atoms with E-state index in [9.17, 15) is 19.2 Å². The lowest BCUT2D eigenvalue weighted by Gasteiger charge is -2.36. The number of ether oxygens (including phenoxy) is 2. The average Bonchev–Trinajstić information content (AvgIpc) is 2.97. The highest BCUT2D eigenvalue weighted by atomic mass is 16.5. The van der Waals surface area contributed by atoms with Crippen LogP contribution in [0.3, 0.4) is 0 Å². The molecule has 0 spiro atoms. The summed E-state index contributed by atoms with van der Waals surface area (Å²) in [5, 5.41) is 10.1. The van der Waals surface area contributed by atoms with Gasteiger partial charge in [-0.25, -0.2) is 5.43 Å². The van der Waals surface area contributed by atoms with E-state index in [4.69, 9.17) is 9.47 Å². The first-order chi connectivity index (χ1) is 19.9. The maximum absolute atomic E-state index is 13.4. The van der Waals surface area contributed by atoms with Crippen molar-refractivity contribution in [2.24, 2.45) is 17.8 Å². The third kappa shape index (κ3) is 8.54. The molecule has 2 aliphatic rings. The van der Waals surface area contributed by atoms with E-state index in [1.54, 1.807) is 26.0 Å². The number of hydrogen-bond donors (Lipinski definition) is 4. The quantitative estimate of drug-likeness (QED) is 0.399. The highest BCUT2D eigenvalue weighted by molar-refractivity contribution is 5.92. The van der Waals surface area contributed by atoms with E-state index >= 15 is 0 Å². The Kier molecular flexibility index (Phi) is 11.9. The smallest absolute Gasteiger partial charge is 0.258 e. The number of amides is 4. The van der Waals surface area contributed by atoms with Gasteiger partial charge in [-0.1, -0.05) is 52.8 Å². The molecule has 232 valence electrons. The SMILES string of the molecule is CO[C@@H]1/C=C\COc2cccc(c2)[C@@H](C(C)C)NC(=O)[C@@H]2CCCN(N2)C(=O)[C@H](C)NC(=O)[C@H](C(C)C)NC(=O)[C@@H]1C. The standard InChI is InChI=1S/C31H47N5O6/c1-18(2)26-22-11-8-12-23(17-22)42-16-10-14-25(41-7)20(5)28(37)34-27(19(3)4)30(39)32-21(6)31(40)36-15-9-13-24(35-36)29(38)33-26/h8,10-12,14,17-21,24-27,35H,9,13,15-16H2,1-7H3,(H,32,39)(H,33,38)(H,34,37)/b14-10-/t20-,21+,24+,25-,26-,27+/m1/s1. The monoisotopic (exact) mass is 585 g/mol. The van der Waals surface area contributed by atoms with Gasteiger partial charge in [0.05, 0.1) is 18.1 Å². The molecule has 0 radical (unpaired) electrons. The minimum Gasteiger partial charge on any atom is -0.490 e.